The normalized spacial score (nSPS) is 17.5. The van der Waals surface area contributed by atoms with Crippen molar-refractivity contribution in [1.82, 2.24) is 0 Å². The van der Waals surface area contributed by atoms with Gasteiger partial charge >= 0.3 is 0 Å². The van der Waals surface area contributed by atoms with Gasteiger partial charge in [0, 0.05) is 5.41 Å². The zero-order valence-corrected chi connectivity index (χ0v) is 15.3. The molecule has 0 bridgehead atoms. The summed E-state index contributed by atoms with van der Waals surface area (Å²) in [5.41, 5.74) is 4.70. The molecule has 1 radical (unpaired) electrons. The van der Waals surface area contributed by atoms with Crippen LogP contribution in [0.2, 0.25) is 0 Å². The second-order valence-electron chi connectivity index (χ2n) is 7.41. The average molecular weight is 290 g/mol. The van der Waals surface area contributed by atoms with E-state index >= 15 is 0 Å². The number of rotatable bonds is 11. The number of allylic oxidation sites excluding steroid dienone is 4. The summed E-state index contributed by atoms with van der Waals surface area (Å²) in [7, 11) is 0. The molecule has 0 heterocycles. The molecule has 1 aliphatic carbocycles. The van der Waals surface area contributed by atoms with Crippen molar-refractivity contribution in [3.8, 4) is 0 Å². The smallest absolute Gasteiger partial charge is 0.0114 e. The first-order chi connectivity index (χ1) is 9.99. The molecule has 0 aromatic rings. The molecule has 0 heteroatoms. The van der Waals surface area contributed by atoms with Crippen LogP contribution in [0.15, 0.2) is 16.7 Å². The molecular formula is C21H37. The van der Waals surface area contributed by atoms with E-state index in [2.05, 4.69) is 40.7 Å². The first-order valence-corrected chi connectivity index (χ1v) is 9.31. The van der Waals surface area contributed by atoms with E-state index in [4.69, 9.17) is 0 Å². The highest BCUT2D eigenvalue weighted by atomic mass is 14.3. The molecular weight excluding hydrogens is 252 g/mol. The van der Waals surface area contributed by atoms with Gasteiger partial charge in [0.1, 0.15) is 0 Å². The molecule has 0 saturated carbocycles. The molecule has 0 aromatic heterocycles. The molecule has 0 unspecified atom stereocenters. The monoisotopic (exact) mass is 289 g/mol. The van der Waals surface area contributed by atoms with E-state index in [-0.39, 0.29) is 5.41 Å². The van der Waals surface area contributed by atoms with Gasteiger partial charge in [0.15, 0.2) is 0 Å². The maximum absolute atomic E-state index is 3.70. The van der Waals surface area contributed by atoms with Gasteiger partial charge in [0.05, 0.1) is 0 Å². The van der Waals surface area contributed by atoms with Gasteiger partial charge in [0.2, 0.25) is 0 Å². The highest BCUT2D eigenvalue weighted by Crippen LogP contribution is 2.40. The molecule has 0 N–H and O–H groups in total. The van der Waals surface area contributed by atoms with Gasteiger partial charge in [-0.15, -0.1) is 0 Å². The van der Waals surface area contributed by atoms with E-state index in [0.717, 1.165) is 0 Å². The van der Waals surface area contributed by atoms with Crippen molar-refractivity contribution in [3.63, 3.8) is 0 Å². The fourth-order valence-electron chi connectivity index (χ4n) is 3.30. The lowest BCUT2D eigenvalue weighted by molar-refractivity contribution is 0.553. The summed E-state index contributed by atoms with van der Waals surface area (Å²) >= 11 is 0. The Bertz CT molecular complexity index is 354. The third-order valence-corrected chi connectivity index (χ3v) is 5.20. The Morgan fingerprint density at radius 1 is 0.762 bits per heavy atom. The summed E-state index contributed by atoms with van der Waals surface area (Å²) in [6, 6.07) is 0. The summed E-state index contributed by atoms with van der Waals surface area (Å²) < 4.78 is 0. The molecule has 0 spiro atoms. The van der Waals surface area contributed by atoms with Crippen LogP contribution >= 0.6 is 0 Å². The van der Waals surface area contributed by atoms with E-state index in [9.17, 15) is 0 Å². The summed E-state index contributed by atoms with van der Waals surface area (Å²) in [4.78, 5) is 0. The van der Waals surface area contributed by atoms with Crippen molar-refractivity contribution < 1.29 is 0 Å². The van der Waals surface area contributed by atoms with E-state index in [1.807, 2.05) is 0 Å². The molecule has 0 fully saturated rings. The fourth-order valence-corrected chi connectivity index (χ4v) is 3.30. The molecule has 121 valence electrons. The molecule has 0 nitrogen and oxygen atoms in total. The third-order valence-electron chi connectivity index (χ3n) is 5.20. The van der Waals surface area contributed by atoms with Gasteiger partial charge in [-0.05, 0) is 43.9 Å². The summed E-state index contributed by atoms with van der Waals surface area (Å²) in [6.07, 6.45) is 19.1. The first-order valence-electron chi connectivity index (χ1n) is 9.31. The number of unbranched alkanes of at least 4 members (excludes halogenated alkanes) is 9. The number of hydrogen-bond donors (Lipinski definition) is 0. The maximum atomic E-state index is 3.70. The largest absolute Gasteiger partial charge is 0.0654 e. The van der Waals surface area contributed by atoms with Crippen LogP contribution in [0.25, 0.3) is 0 Å². The van der Waals surface area contributed by atoms with Crippen molar-refractivity contribution in [2.75, 3.05) is 0 Å². The standard InChI is InChI=1S/C21H37/c1-6-7-8-9-10-11-12-13-14-15-16-20-17-21(4,5)19(3)18(20)2/h6-16H2,1-5H3. The predicted molar refractivity (Wildman–Crippen MR) is 95.4 cm³/mol. The Kier molecular flexibility index (Phi) is 8.37. The SMILES string of the molecule is CCCCCCCCCCCCC1=[C]C(C)(C)C(C)=C1C. The molecule has 0 amide bonds. The Morgan fingerprint density at radius 2 is 1.24 bits per heavy atom. The lowest BCUT2D eigenvalue weighted by Crippen LogP contribution is -2.06. The van der Waals surface area contributed by atoms with Crippen molar-refractivity contribution in [1.29, 1.82) is 0 Å². The van der Waals surface area contributed by atoms with Crippen LogP contribution in [-0.4, -0.2) is 0 Å². The minimum atomic E-state index is 0.178. The lowest BCUT2D eigenvalue weighted by atomic mass is 9.88. The van der Waals surface area contributed by atoms with Crippen molar-refractivity contribution >= 4 is 0 Å². The van der Waals surface area contributed by atoms with Crippen LogP contribution in [0.1, 0.15) is 105 Å². The van der Waals surface area contributed by atoms with Crippen LogP contribution < -0.4 is 0 Å². The summed E-state index contributed by atoms with van der Waals surface area (Å²) in [5.74, 6) is 0. The Morgan fingerprint density at radius 3 is 1.67 bits per heavy atom. The van der Waals surface area contributed by atoms with Gasteiger partial charge < -0.3 is 0 Å². The average Bonchev–Trinajstić information content (AvgIpc) is 2.64. The highest BCUT2D eigenvalue weighted by molar-refractivity contribution is 5.42. The van der Waals surface area contributed by atoms with Crippen LogP contribution in [-0.2, 0) is 0 Å². The topological polar surface area (TPSA) is 0 Å². The lowest BCUT2D eigenvalue weighted by Gasteiger charge is -2.16. The van der Waals surface area contributed by atoms with Gasteiger partial charge in [-0.25, -0.2) is 0 Å². The van der Waals surface area contributed by atoms with E-state index in [1.54, 1.807) is 0 Å². The molecule has 1 rings (SSSR count). The molecule has 0 saturated heterocycles. The van der Waals surface area contributed by atoms with Gasteiger partial charge in [-0.2, -0.15) is 0 Å². The van der Waals surface area contributed by atoms with E-state index < -0.39 is 0 Å². The van der Waals surface area contributed by atoms with Crippen LogP contribution in [0.5, 0.6) is 0 Å². The summed E-state index contributed by atoms with van der Waals surface area (Å²) in [5, 5.41) is 0. The van der Waals surface area contributed by atoms with Crippen LogP contribution in [0.4, 0.5) is 0 Å². The number of hydrogen-bond acceptors (Lipinski definition) is 0. The Labute approximate surface area is 134 Å². The quantitative estimate of drug-likeness (QED) is 0.347. The Hall–Kier alpha value is -0.520. The second-order valence-corrected chi connectivity index (χ2v) is 7.41. The van der Waals surface area contributed by atoms with Gasteiger partial charge in [-0.1, -0.05) is 84.1 Å². The Balaban J connectivity index is 2.03. The minimum Gasteiger partial charge on any atom is -0.0654 e. The minimum absolute atomic E-state index is 0.178. The van der Waals surface area contributed by atoms with E-state index in [1.165, 1.54) is 87.3 Å². The fraction of sp³-hybridized carbons (Fsp3) is 0.810. The predicted octanol–water partition coefficient (Wildman–Crippen LogP) is 7.40. The summed E-state index contributed by atoms with van der Waals surface area (Å²) in [6.45, 7) is 11.4. The molecule has 1 aliphatic rings. The molecule has 21 heavy (non-hydrogen) atoms. The second kappa shape index (κ2) is 9.49. The van der Waals surface area contributed by atoms with Gasteiger partial charge in [-0.3, -0.25) is 0 Å². The molecule has 0 aliphatic heterocycles. The third kappa shape index (κ3) is 6.41. The van der Waals surface area contributed by atoms with Crippen molar-refractivity contribution in [3.05, 3.63) is 22.8 Å². The molecule has 0 aromatic carbocycles. The van der Waals surface area contributed by atoms with Crippen LogP contribution in [0, 0.1) is 11.5 Å². The highest BCUT2D eigenvalue weighted by Gasteiger charge is 2.27. The molecule has 0 atom stereocenters. The maximum Gasteiger partial charge on any atom is 0.0114 e. The van der Waals surface area contributed by atoms with Crippen LogP contribution in [0.3, 0.4) is 0 Å². The zero-order valence-electron chi connectivity index (χ0n) is 15.3. The van der Waals surface area contributed by atoms with Gasteiger partial charge in [0.25, 0.3) is 0 Å². The van der Waals surface area contributed by atoms with Crippen molar-refractivity contribution in [2.45, 2.75) is 105 Å². The zero-order chi connectivity index (χ0) is 15.7. The van der Waals surface area contributed by atoms with Crippen molar-refractivity contribution in [2.24, 2.45) is 5.41 Å². The van der Waals surface area contributed by atoms with E-state index in [0.29, 0.717) is 0 Å². The first kappa shape index (κ1) is 18.5.